The Balaban J connectivity index is 0.00000166. The molecule has 31 heavy (non-hydrogen) atoms. The summed E-state index contributed by atoms with van der Waals surface area (Å²) in [6, 6.07) is 11.6. The van der Waals surface area contributed by atoms with E-state index in [0.29, 0.717) is 18.7 Å². The monoisotopic (exact) mass is 459 g/mol. The number of aryl methyl sites for hydroxylation is 2. The molecule has 3 aromatic rings. The molecule has 166 valence electrons. The summed E-state index contributed by atoms with van der Waals surface area (Å²) in [6.45, 7) is 8.69. The largest absolute Gasteiger partial charge is 0.355 e. The van der Waals surface area contributed by atoms with Gasteiger partial charge in [0.1, 0.15) is 5.01 Å². The van der Waals surface area contributed by atoms with E-state index in [9.17, 15) is 9.18 Å². The second-order valence-electron chi connectivity index (χ2n) is 6.66. The molecular weight excluding hydrogens is 429 g/mol. The molecule has 0 saturated carbocycles. The first kappa shape index (κ1) is 25.0. The topological polar surface area (TPSA) is 54.9 Å². The van der Waals surface area contributed by atoms with Gasteiger partial charge < -0.3 is 5.32 Å². The first-order valence-electron chi connectivity index (χ1n) is 10.6. The maximum absolute atomic E-state index is 12.8. The van der Waals surface area contributed by atoms with Gasteiger partial charge in [0.05, 0.1) is 11.4 Å². The second-order valence-corrected chi connectivity index (χ2v) is 8.73. The summed E-state index contributed by atoms with van der Waals surface area (Å²) in [7, 11) is 0. The third-order valence-corrected chi connectivity index (χ3v) is 6.84. The Morgan fingerprint density at radius 3 is 2.48 bits per heavy atom. The molecule has 1 aromatic carbocycles. The minimum atomic E-state index is -0.492. The summed E-state index contributed by atoms with van der Waals surface area (Å²) < 4.78 is 12.8. The number of rotatable bonds is 9. The van der Waals surface area contributed by atoms with Gasteiger partial charge >= 0.3 is 0 Å². The number of carbonyl (C=O) groups is 1. The quantitative estimate of drug-likeness (QED) is 0.409. The summed E-state index contributed by atoms with van der Waals surface area (Å²) in [5.41, 5.74) is 4.39. The lowest BCUT2D eigenvalue weighted by atomic mass is 10.1. The van der Waals surface area contributed by atoms with Crippen LogP contribution in [0.2, 0.25) is 0 Å². The van der Waals surface area contributed by atoms with Crippen molar-refractivity contribution in [1.29, 1.82) is 0 Å². The number of pyridine rings is 1. The fraction of sp³-hybridized carbons (Fsp3) is 0.375. The molecule has 1 amide bonds. The van der Waals surface area contributed by atoms with Gasteiger partial charge in [-0.15, -0.1) is 23.1 Å². The molecule has 0 atom stereocenters. The Hall–Kier alpha value is -2.25. The number of carbonyl (C=O) groups excluding carboxylic acids is 1. The van der Waals surface area contributed by atoms with Crippen LogP contribution >= 0.6 is 23.1 Å². The van der Waals surface area contributed by atoms with Gasteiger partial charge in [0.25, 0.3) is 0 Å². The number of nitrogens with one attached hydrogen (secondary N) is 1. The summed E-state index contributed by atoms with van der Waals surface area (Å²) in [4.78, 5) is 21.5. The number of halogens is 1. The predicted molar refractivity (Wildman–Crippen MR) is 130 cm³/mol. The van der Waals surface area contributed by atoms with Crippen molar-refractivity contribution in [2.24, 2.45) is 0 Å². The third kappa shape index (κ3) is 8.07. The predicted octanol–water partition coefficient (Wildman–Crippen LogP) is 5.83. The Morgan fingerprint density at radius 1 is 1.13 bits per heavy atom. The number of aromatic nitrogens is 2. The second kappa shape index (κ2) is 13.2. The zero-order valence-electron chi connectivity index (χ0n) is 18.6. The first-order valence-corrected chi connectivity index (χ1v) is 12.5. The fourth-order valence-electron chi connectivity index (χ4n) is 2.76. The lowest BCUT2D eigenvalue weighted by molar-refractivity contribution is -0.118. The molecule has 2 aromatic heterocycles. The highest BCUT2D eigenvalue weighted by atomic mass is 32.2. The molecule has 1 N–H and O–H groups in total. The van der Waals surface area contributed by atoms with Crippen molar-refractivity contribution in [1.82, 2.24) is 15.3 Å². The molecule has 0 aliphatic heterocycles. The zero-order valence-corrected chi connectivity index (χ0v) is 20.2. The van der Waals surface area contributed by atoms with Crippen LogP contribution in [0, 0.1) is 12.9 Å². The standard InChI is InChI=1S/C22H24FN3OS2.C2H6/c1-3-16-4-7-18(8-5-16)22-26-15(2)19(29-22)13-28-14-21(27)24-11-10-17-6-9-20(23)25-12-17;1-2/h4-9,12H,3,10-11,13-14H2,1-2H3,(H,24,27);1-2H3. The minimum Gasteiger partial charge on any atom is -0.355 e. The molecular formula is C24H30FN3OS2. The number of hydrogen-bond donors (Lipinski definition) is 1. The number of thioether (sulfide) groups is 1. The molecule has 0 spiro atoms. The molecule has 3 rings (SSSR count). The molecule has 0 radical (unpaired) electrons. The van der Waals surface area contributed by atoms with Crippen molar-refractivity contribution < 1.29 is 9.18 Å². The maximum atomic E-state index is 12.8. The van der Waals surface area contributed by atoms with Crippen LogP contribution in [0.5, 0.6) is 0 Å². The molecule has 7 heteroatoms. The van der Waals surface area contributed by atoms with Gasteiger partial charge in [-0.25, -0.2) is 9.97 Å². The van der Waals surface area contributed by atoms with Crippen LogP contribution < -0.4 is 5.32 Å². The molecule has 0 fully saturated rings. The normalized spacial score (nSPS) is 10.4. The highest BCUT2D eigenvalue weighted by Crippen LogP contribution is 2.30. The van der Waals surface area contributed by atoms with Crippen molar-refractivity contribution >= 4 is 29.0 Å². The summed E-state index contributed by atoms with van der Waals surface area (Å²) in [6.07, 6.45) is 3.16. The van der Waals surface area contributed by atoms with E-state index >= 15 is 0 Å². The summed E-state index contributed by atoms with van der Waals surface area (Å²) in [5.74, 6) is 0.682. The summed E-state index contributed by atoms with van der Waals surface area (Å²) in [5, 5.41) is 3.92. The Bertz CT molecular complexity index is 940. The van der Waals surface area contributed by atoms with Crippen molar-refractivity contribution in [3.8, 4) is 10.6 Å². The number of amides is 1. The van der Waals surface area contributed by atoms with E-state index in [4.69, 9.17) is 4.98 Å². The summed E-state index contributed by atoms with van der Waals surface area (Å²) >= 11 is 3.28. The van der Waals surface area contributed by atoms with Crippen molar-refractivity contribution in [3.05, 3.63) is 70.2 Å². The van der Waals surface area contributed by atoms with E-state index in [1.807, 2.05) is 20.8 Å². The molecule has 0 unspecified atom stereocenters. The van der Waals surface area contributed by atoms with Crippen LogP contribution in [0.4, 0.5) is 4.39 Å². The van der Waals surface area contributed by atoms with Crippen LogP contribution in [0.3, 0.4) is 0 Å². The maximum Gasteiger partial charge on any atom is 0.230 e. The van der Waals surface area contributed by atoms with Crippen LogP contribution in [0.15, 0.2) is 42.6 Å². The van der Waals surface area contributed by atoms with Gasteiger partial charge in [-0.2, -0.15) is 4.39 Å². The van der Waals surface area contributed by atoms with E-state index < -0.39 is 5.95 Å². The Morgan fingerprint density at radius 2 is 1.84 bits per heavy atom. The van der Waals surface area contributed by atoms with Crippen molar-refractivity contribution in [2.75, 3.05) is 12.3 Å². The van der Waals surface area contributed by atoms with E-state index in [-0.39, 0.29) is 5.91 Å². The van der Waals surface area contributed by atoms with Gasteiger partial charge in [0, 0.05) is 28.9 Å². The smallest absolute Gasteiger partial charge is 0.230 e. The van der Waals surface area contributed by atoms with Crippen LogP contribution in [-0.4, -0.2) is 28.2 Å². The lowest BCUT2D eigenvalue weighted by Crippen LogP contribution is -2.27. The highest BCUT2D eigenvalue weighted by Gasteiger charge is 2.11. The Labute approximate surface area is 192 Å². The molecule has 0 bridgehead atoms. The van der Waals surface area contributed by atoms with Crippen molar-refractivity contribution in [3.63, 3.8) is 0 Å². The van der Waals surface area contributed by atoms with E-state index in [1.165, 1.54) is 22.7 Å². The number of benzene rings is 1. The van der Waals surface area contributed by atoms with Gasteiger partial charge in [-0.05, 0) is 37.0 Å². The van der Waals surface area contributed by atoms with Gasteiger partial charge in [-0.3, -0.25) is 4.79 Å². The highest BCUT2D eigenvalue weighted by molar-refractivity contribution is 7.99. The van der Waals surface area contributed by atoms with Crippen LogP contribution in [0.25, 0.3) is 10.6 Å². The van der Waals surface area contributed by atoms with Gasteiger partial charge in [-0.1, -0.05) is 51.1 Å². The molecule has 0 aliphatic carbocycles. The third-order valence-electron chi connectivity index (χ3n) is 4.49. The molecule has 0 saturated heterocycles. The van der Waals surface area contributed by atoms with E-state index in [1.54, 1.807) is 29.2 Å². The fourth-order valence-corrected chi connectivity index (χ4v) is 4.89. The van der Waals surface area contributed by atoms with Gasteiger partial charge in [0.2, 0.25) is 11.9 Å². The number of hydrogen-bond acceptors (Lipinski definition) is 5. The lowest BCUT2D eigenvalue weighted by Gasteiger charge is -2.05. The van der Waals surface area contributed by atoms with E-state index in [2.05, 4.69) is 41.5 Å². The minimum absolute atomic E-state index is 0.00242. The van der Waals surface area contributed by atoms with Crippen LogP contribution in [-0.2, 0) is 23.4 Å². The van der Waals surface area contributed by atoms with Crippen molar-refractivity contribution in [2.45, 2.75) is 46.3 Å². The van der Waals surface area contributed by atoms with Crippen LogP contribution in [0.1, 0.15) is 42.5 Å². The zero-order chi connectivity index (χ0) is 22.6. The SMILES string of the molecule is CC.CCc1ccc(-c2nc(C)c(CSCC(=O)NCCc3ccc(F)nc3)s2)cc1. The van der Waals surface area contributed by atoms with Gasteiger partial charge in [0.15, 0.2) is 0 Å². The Kier molecular flexibility index (Phi) is 10.7. The molecule has 4 nitrogen and oxygen atoms in total. The molecule has 2 heterocycles. The number of nitrogens with zero attached hydrogens (tertiary/aromatic N) is 2. The molecule has 0 aliphatic rings. The number of thiazole rings is 1. The average Bonchev–Trinajstić information content (AvgIpc) is 3.17. The first-order chi connectivity index (χ1) is 15.0. The van der Waals surface area contributed by atoms with E-state index in [0.717, 1.165) is 34.0 Å². The average molecular weight is 460 g/mol.